The molecule has 1 heterocycles. The van der Waals surface area contributed by atoms with Crippen molar-refractivity contribution in [2.75, 3.05) is 12.0 Å². The minimum atomic E-state index is -0.793. The van der Waals surface area contributed by atoms with Crippen LogP contribution in [0.25, 0.3) is 0 Å². The Hall–Kier alpha value is -0.680. The first-order valence-electron chi connectivity index (χ1n) is 5.13. The van der Waals surface area contributed by atoms with Crippen LogP contribution < -0.4 is 5.73 Å². The fourth-order valence-electron chi connectivity index (χ4n) is 1.60. The molecule has 15 heavy (non-hydrogen) atoms. The lowest BCUT2D eigenvalue weighted by Crippen LogP contribution is -2.19. The minimum absolute atomic E-state index is 0.0141. The third kappa shape index (κ3) is 3.14. The third-order valence-corrected chi connectivity index (χ3v) is 3.42. The first-order chi connectivity index (χ1) is 7.06. The van der Waals surface area contributed by atoms with Gasteiger partial charge in [0.1, 0.15) is 0 Å². The molecule has 0 spiro atoms. The molecule has 0 radical (unpaired) electrons. The summed E-state index contributed by atoms with van der Waals surface area (Å²) in [5.74, 6) is 0.639. The second kappa shape index (κ2) is 5.42. The first kappa shape index (κ1) is 12.4. The molecular formula is C10H19N3OS. The molecule has 0 aliphatic carbocycles. The highest BCUT2D eigenvalue weighted by Gasteiger charge is 2.14. The van der Waals surface area contributed by atoms with Gasteiger partial charge in [-0.25, -0.2) is 4.98 Å². The Labute approximate surface area is 93.3 Å². The molecule has 0 saturated carbocycles. The van der Waals surface area contributed by atoms with Gasteiger partial charge < -0.3 is 10.3 Å². The van der Waals surface area contributed by atoms with Crippen molar-refractivity contribution in [1.82, 2.24) is 9.55 Å². The third-order valence-electron chi connectivity index (χ3n) is 2.47. The lowest BCUT2D eigenvalue weighted by Gasteiger charge is -2.18. The second-order valence-electron chi connectivity index (χ2n) is 3.83. The molecule has 2 unspecified atom stereocenters. The van der Waals surface area contributed by atoms with Gasteiger partial charge in [0.05, 0.1) is 12.0 Å². The van der Waals surface area contributed by atoms with Gasteiger partial charge in [0.15, 0.2) is 0 Å². The topological polar surface area (TPSA) is 60.9 Å². The van der Waals surface area contributed by atoms with Gasteiger partial charge in [-0.15, -0.1) is 0 Å². The summed E-state index contributed by atoms with van der Waals surface area (Å²) >= 11 is 0. The number of aromatic nitrogens is 2. The maximum Gasteiger partial charge on any atom is 0.0951 e. The van der Waals surface area contributed by atoms with Crippen molar-refractivity contribution >= 4 is 10.8 Å². The predicted octanol–water partition coefficient (Wildman–Crippen LogP) is 1.23. The quantitative estimate of drug-likeness (QED) is 0.826. The molecule has 4 nitrogen and oxygen atoms in total. The van der Waals surface area contributed by atoms with Gasteiger partial charge in [-0.05, 0) is 13.3 Å². The summed E-state index contributed by atoms with van der Waals surface area (Å²) in [5, 5.41) is 0. The van der Waals surface area contributed by atoms with Gasteiger partial charge in [0.2, 0.25) is 0 Å². The maximum atomic E-state index is 11.1. The molecule has 0 aromatic carbocycles. The average molecular weight is 229 g/mol. The van der Waals surface area contributed by atoms with Gasteiger partial charge in [-0.2, -0.15) is 0 Å². The summed E-state index contributed by atoms with van der Waals surface area (Å²) in [4.78, 5) is 4.10. The standard InChI is InChI=1S/C10H19N3OS/c1-4-9(11)10-5-12-7-13(10)8(2)6-15(3)14/h5,7-9H,4,6,11H2,1-3H3/t8?,9-,15?/m1/s1. The molecule has 0 bridgehead atoms. The Morgan fingerprint density at radius 2 is 2.33 bits per heavy atom. The molecule has 86 valence electrons. The molecule has 0 fully saturated rings. The van der Waals surface area contributed by atoms with Crippen molar-refractivity contribution in [2.45, 2.75) is 32.4 Å². The van der Waals surface area contributed by atoms with Crippen LogP contribution in [0.1, 0.15) is 38.0 Å². The monoisotopic (exact) mass is 229 g/mol. The van der Waals surface area contributed by atoms with E-state index in [0.29, 0.717) is 5.75 Å². The van der Waals surface area contributed by atoms with E-state index in [4.69, 9.17) is 5.73 Å². The van der Waals surface area contributed by atoms with Gasteiger partial charge in [-0.3, -0.25) is 4.21 Å². The van der Waals surface area contributed by atoms with E-state index in [9.17, 15) is 4.21 Å². The molecule has 0 aliphatic heterocycles. The van der Waals surface area contributed by atoms with E-state index < -0.39 is 10.8 Å². The summed E-state index contributed by atoms with van der Waals surface area (Å²) < 4.78 is 13.2. The van der Waals surface area contributed by atoms with Gasteiger partial charge >= 0.3 is 0 Å². The molecule has 1 aromatic heterocycles. The normalized spacial score (nSPS) is 17.3. The highest BCUT2D eigenvalue weighted by atomic mass is 32.2. The molecular weight excluding hydrogens is 210 g/mol. The van der Waals surface area contributed by atoms with Crippen molar-refractivity contribution in [3.05, 3.63) is 18.2 Å². The van der Waals surface area contributed by atoms with E-state index in [0.717, 1.165) is 12.1 Å². The predicted molar refractivity (Wildman–Crippen MR) is 63.1 cm³/mol. The summed E-state index contributed by atoms with van der Waals surface area (Å²) in [6, 6.07) is 0.200. The van der Waals surface area contributed by atoms with Crippen LogP contribution in [0.2, 0.25) is 0 Å². The molecule has 0 aliphatic rings. The van der Waals surface area contributed by atoms with Crippen molar-refractivity contribution in [1.29, 1.82) is 0 Å². The fraction of sp³-hybridized carbons (Fsp3) is 0.700. The Balaban J connectivity index is 2.84. The molecule has 1 aromatic rings. The van der Waals surface area contributed by atoms with Crippen LogP contribution in [-0.4, -0.2) is 25.8 Å². The van der Waals surface area contributed by atoms with Crippen LogP contribution in [0.5, 0.6) is 0 Å². The molecule has 1 rings (SSSR count). The van der Waals surface area contributed by atoms with E-state index in [1.807, 2.05) is 18.4 Å². The van der Waals surface area contributed by atoms with E-state index in [2.05, 4.69) is 4.98 Å². The number of hydrogen-bond donors (Lipinski definition) is 1. The highest BCUT2D eigenvalue weighted by molar-refractivity contribution is 7.84. The van der Waals surface area contributed by atoms with E-state index in [1.54, 1.807) is 18.8 Å². The van der Waals surface area contributed by atoms with Crippen LogP contribution in [-0.2, 0) is 10.8 Å². The van der Waals surface area contributed by atoms with E-state index >= 15 is 0 Å². The van der Waals surface area contributed by atoms with Crippen molar-refractivity contribution in [2.24, 2.45) is 5.73 Å². The van der Waals surface area contributed by atoms with Crippen LogP contribution in [0.3, 0.4) is 0 Å². The Morgan fingerprint density at radius 1 is 1.67 bits per heavy atom. The van der Waals surface area contributed by atoms with Crippen molar-refractivity contribution in [3.63, 3.8) is 0 Å². The maximum absolute atomic E-state index is 11.1. The molecule has 3 atom stereocenters. The molecule has 0 amide bonds. The average Bonchev–Trinajstić information content (AvgIpc) is 2.63. The highest BCUT2D eigenvalue weighted by Crippen LogP contribution is 2.18. The lowest BCUT2D eigenvalue weighted by atomic mass is 10.2. The second-order valence-corrected chi connectivity index (χ2v) is 5.31. The first-order valence-corrected chi connectivity index (χ1v) is 6.86. The van der Waals surface area contributed by atoms with Gasteiger partial charge in [0.25, 0.3) is 0 Å². The van der Waals surface area contributed by atoms with E-state index in [1.165, 1.54) is 0 Å². The number of hydrogen-bond acceptors (Lipinski definition) is 3. The van der Waals surface area contributed by atoms with Crippen molar-refractivity contribution in [3.8, 4) is 0 Å². The Bertz CT molecular complexity index is 337. The zero-order valence-electron chi connectivity index (χ0n) is 9.51. The summed E-state index contributed by atoms with van der Waals surface area (Å²) in [6.45, 7) is 4.08. The summed E-state index contributed by atoms with van der Waals surface area (Å²) in [7, 11) is -0.793. The molecule has 0 saturated heterocycles. The molecule has 5 heteroatoms. The largest absolute Gasteiger partial charge is 0.329 e. The van der Waals surface area contributed by atoms with Crippen LogP contribution >= 0.6 is 0 Å². The smallest absolute Gasteiger partial charge is 0.0951 e. The Kier molecular flexibility index (Phi) is 4.47. The number of nitrogens with zero attached hydrogens (tertiary/aromatic N) is 2. The SMILES string of the molecule is CC[C@@H](N)c1cncn1C(C)CS(C)=O. The van der Waals surface area contributed by atoms with Crippen LogP contribution in [0.4, 0.5) is 0 Å². The van der Waals surface area contributed by atoms with Crippen molar-refractivity contribution < 1.29 is 4.21 Å². The number of nitrogens with two attached hydrogens (primary N) is 1. The van der Waals surface area contributed by atoms with Crippen LogP contribution in [0, 0.1) is 0 Å². The number of rotatable bonds is 5. The Morgan fingerprint density at radius 3 is 2.87 bits per heavy atom. The summed E-state index contributed by atoms with van der Waals surface area (Å²) in [5.41, 5.74) is 6.99. The van der Waals surface area contributed by atoms with Gasteiger partial charge in [0, 0.05) is 41.1 Å². The zero-order valence-corrected chi connectivity index (χ0v) is 10.3. The van der Waals surface area contributed by atoms with Crippen LogP contribution in [0.15, 0.2) is 12.5 Å². The minimum Gasteiger partial charge on any atom is -0.329 e. The van der Waals surface area contributed by atoms with E-state index in [-0.39, 0.29) is 12.1 Å². The summed E-state index contributed by atoms with van der Waals surface area (Å²) in [6.07, 6.45) is 6.16. The lowest BCUT2D eigenvalue weighted by molar-refractivity contribution is 0.536. The molecule has 2 N–H and O–H groups in total. The zero-order chi connectivity index (χ0) is 11.4. The fourth-order valence-corrected chi connectivity index (χ4v) is 2.44. The van der Waals surface area contributed by atoms with Gasteiger partial charge in [-0.1, -0.05) is 6.92 Å². The number of imidazole rings is 1.